The molecule has 0 saturated carbocycles. The molecule has 0 aliphatic carbocycles. The molecule has 4 heteroatoms. The number of carboxylic acid groups (broad SMARTS) is 1. The Kier molecular flexibility index (Phi) is 3.45. The van der Waals surface area contributed by atoms with Gasteiger partial charge in [0.15, 0.2) is 0 Å². The molecular weight excluding hydrogens is 208 g/mol. The summed E-state index contributed by atoms with van der Waals surface area (Å²) in [5, 5.41) is 17.9. The molecule has 0 aromatic heterocycles. The maximum Gasteiger partial charge on any atom is 0.376 e. The van der Waals surface area contributed by atoms with Crippen molar-refractivity contribution < 1.29 is 19.8 Å². The Balaban J connectivity index is 3.09. The molecule has 16 heavy (non-hydrogen) atoms. The molecule has 0 aliphatic rings. The molecule has 0 amide bonds. The lowest BCUT2D eigenvalue weighted by molar-refractivity contribution is -0.146. The number of carbonyl (C=O) groups excluding carboxylic acids is 1. The average Bonchev–Trinajstić information content (AvgIpc) is 2.15. The Morgan fingerprint density at radius 3 is 2.00 bits per heavy atom. The molecule has 0 fully saturated rings. The van der Waals surface area contributed by atoms with Crippen molar-refractivity contribution in [3.05, 3.63) is 41.0 Å². The number of hydrogen-bond acceptors (Lipinski definition) is 3. The summed E-state index contributed by atoms with van der Waals surface area (Å²) in [5.74, 6) is -3.06. The van der Waals surface area contributed by atoms with E-state index in [1.54, 1.807) is 12.1 Å². The van der Waals surface area contributed by atoms with Crippen LogP contribution in [0.5, 0.6) is 0 Å². The first kappa shape index (κ1) is 12.0. The lowest BCUT2D eigenvalue weighted by atomic mass is 10.1. The van der Waals surface area contributed by atoms with Crippen LogP contribution in [-0.2, 0) is 9.59 Å². The third-order valence-corrected chi connectivity index (χ3v) is 2.00. The third-order valence-electron chi connectivity index (χ3n) is 2.00. The summed E-state index contributed by atoms with van der Waals surface area (Å²) >= 11 is 0. The van der Waals surface area contributed by atoms with Gasteiger partial charge in [-0.1, -0.05) is 17.2 Å². The summed E-state index contributed by atoms with van der Waals surface area (Å²) in [6.07, 6.45) is 0.705. The number of aliphatic hydroxyl groups is 1. The van der Waals surface area contributed by atoms with Gasteiger partial charge in [-0.3, -0.25) is 4.79 Å². The molecule has 84 valence electrons. The molecule has 0 saturated heterocycles. The molecule has 0 aliphatic heterocycles. The van der Waals surface area contributed by atoms with E-state index in [9.17, 15) is 14.7 Å². The van der Waals surface area contributed by atoms with E-state index in [-0.39, 0.29) is 5.76 Å². The van der Waals surface area contributed by atoms with Crippen molar-refractivity contribution in [2.24, 2.45) is 0 Å². The summed E-state index contributed by atoms with van der Waals surface area (Å²) in [6.45, 7) is 3.70. The van der Waals surface area contributed by atoms with Crippen LogP contribution in [0.15, 0.2) is 24.3 Å². The standard InChI is InChI=1S/C12H12O4/c1-7-3-8(2)5-9(4-7)10(13)6-11(14)12(15)16/h3-6,13H,1-2H3,(H,15,16). The van der Waals surface area contributed by atoms with Gasteiger partial charge in [-0.05, 0) is 26.0 Å². The zero-order chi connectivity index (χ0) is 12.3. The van der Waals surface area contributed by atoms with Gasteiger partial charge >= 0.3 is 5.97 Å². The van der Waals surface area contributed by atoms with Gasteiger partial charge in [0.05, 0.1) is 0 Å². The molecule has 1 aromatic carbocycles. The maximum absolute atomic E-state index is 10.9. The number of rotatable bonds is 3. The minimum atomic E-state index is -1.59. The molecule has 1 rings (SSSR count). The first-order valence-electron chi connectivity index (χ1n) is 4.66. The van der Waals surface area contributed by atoms with Gasteiger partial charge < -0.3 is 10.2 Å². The molecular formula is C12H12O4. The highest BCUT2D eigenvalue weighted by molar-refractivity contribution is 6.38. The van der Waals surface area contributed by atoms with Crippen molar-refractivity contribution in [3.8, 4) is 0 Å². The fourth-order valence-corrected chi connectivity index (χ4v) is 1.39. The highest BCUT2D eigenvalue weighted by Gasteiger charge is 2.10. The topological polar surface area (TPSA) is 74.6 Å². The van der Waals surface area contributed by atoms with Gasteiger partial charge in [-0.25, -0.2) is 4.79 Å². The molecule has 1 aromatic rings. The second-order valence-corrected chi connectivity index (χ2v) is 3.58. The van der Waals surface area contributed by atoms with Gasteiger partial charge in [-0.2, -0.15) is 0 Å². The minimum Gasteiger partial charge on any atom is -0.507 e. The maximum atomic E-state index is 10.9. The Bertz CT molecular complexity index is 452. The molecule has 0 bridgehead atoms. The van der Waals surface area contributed by atoms with Crippen molar-refractivity contribution in [2.45, 2.75) is 13.8 Å². The normalized spacial score (nSPS) is 11.2. The van der Waals surface area contributed by atoms with Gasteiger partial charge in [0, 0.05) is 11.6 Å². The number of carboxylic acids is 1. The van der Waals surface area contributed by atoms with E-state index in [0.717, 1.165) is 11.1 Å². The molecule has 0 heterocycles. The van der Waals surface area contributed by atoms with E-state index in [1.165, 1.54) is 0 Å². The van der Waals surface area contributed by atoms with Crippen molar-refractivity contribution in [2.75, 3.05) is 0 Å². The number of hydrogen-bond donors (Lipinski definition) is 2. The van der Waals surface area contributed by atoms with Crippen LogP contribution in [0, 0.1) is 13.8 Å². The van der Waals surface area contributed by atoms with Gasteiger partial charge in [0.25, 0.3) is 5.78 Å². The lowest BCUT2D eigenvalue weighted by Gasteiger charge is -2.03. The predicted octanol–water partition coefficient (Wildman–Crippen LogP) is 1.86. The third kappa shape index (κ3) is 2.95. The van der Waals surface area contributed by atoms with Crippen LogP contribution in [0.4, 0.5) is 0 Å². The van der Waals surface area contributed by atoms with Crippen LogP contribution < -0.4 is 0 Å². The Hall–Kier alpha value is -2.10. The molecule has 2 N–H and O–H groups in total. The average molecular weight is 220 g/mol. The van der Waals surface area contributed by atoms with E-state index in [1.807, 2.05) is 19.9 Å². The Morgan fingerprint density at radius 2 is 1.56 bits per heavy atom. The van der Waals surface area contributed by atoms with Crippen molar-refractivity contribution in [1.82, 2.24) is 0 Å². The zero-order valence-electron chi connectivity index (χ0n) is 9.02. The first-order chi connectivity index (χ1) is 7.40. The second kappa shape index (κ2) is 4.61. The van der Waals surface area contributed by atoms with E-state index < -0.39 is 11.8 Å². The second-order valence-electron chi connectivity index (χ2n) is 3.58. The highest BCUT2D eigenvalue weighted by Crippen LogP contribution is 2.15. The van der Waals surface area contributed by atoms with E-state index >= 15 is 0 Å². The largest absolute Gasteiger partial charge is 0.507 e. The monoisotopic (exact) mass is 220 g/mol. The summed E-state index contributed by atoms with van der Waals surface area (Å²) in [4.78, 5) is 21.2. The number of aryl methyl sites for hydroxylation is 2. The highest BCUT2D eigenvalue weighted by atomic mass is 16.4. The smallest absolute Gasteiger partial charge is 0.376 e. The number of aliphatic hydroxyl groups excluding tert-OH is 1. The van der Waals surface area contributed by atoms with Crippen LogP contribution in [0.25, 0.3) is 5.76 Å². The van der Waals surface area contributed by atoms with Crippen molar-refractivity contribution in [3.63, 3.8) is 0 Å². The van der Waals surface area contributed by atoms with Gasteiger partial charge in [0.1, 0.15) is 5.76 Å². The van der Waals surface area contributed by atoms with Crippen LogP contribution in [0.1, 0.15) is 16.7 Å². The quantitative estimate of drug-likeness (QED) is 0.463. The molecule has 0 atom stereocenters. The zero-order valence-corrected chi connectivity index (χ0v) is 9.02. The predicted molar refractivity (Wildman–Crippen MR) is 59.2 cm³/mol. The first-order valence-corrected chi connectivity index (χ1v) is 4.66. The Morgan fingerprint density at radius 1 is 1.06 bits per heavy atom. The SMILES string of the molecule is Cc1cc(C)cc(C(O)=CC(=O)C(=O)O)c1. The van der Waals surface area contributed by atoms with Gasteiger partial charge in [0.2, 0.25) is 0 Å². The molecule has 0 unspecified atom stereocenters. The van der Waals surface area contributed by atoms with Crippen LogP contribution in [0.3, 0.4) is 0 Å². The fraction of sp³-hybridized carbons (Fsp3) is 0.167. The number of benzene rings is 1. The number of aliphatic carboxylic acids is 1. The van der Waals surface area contributed by atoms with E-state index in [0.29, 0.717) is 11.6 Å². The summed E-state index contributed by atoms with van der Waals surface area (Å²) in [7, 11) is 0. The van der Waals surface area contributed by atoms with E-state index in [4.69, 9.17) is 5.11 Å². The minimum absolute atomic E-state index is 0.334. The Labute approximate surface area is 92.8 Å². The van der Waals surface area contributed by atoms with Crippen LogP contribution in [0.2, 0.25) is 0 Å². The van der Waals surface area contributed by atoms with Crippen LogP contribution in [-0.4, -0.2) is 22.0 Å². The van der Waals surface area contributed by atoms with Crippen molar-refractivity contribution >= 4 is 17.5 Å². The molecule has 4 nitrogen and oxygen atoms in total. The summed E-state index contributed by atoms with van der Waals surface area (Å²) < 4.78 is 0. The summed E-state index contributed by atoms with van der Waals surface area (Å²) in [5.41, 5.74) is 2.29. The number of ketones is 1. The lowest BCUT2D eigenvalue weighted by Crippen LogP contribution is -2.09. The fourth-order valence-electron chi connectivity index (χ4n) is 1.39. The molecule has 0 spiro atoms. The van der Waals surface area contributed by atoms with E-state index in [2.05, 4.69) is 0 Å². The van der Waals surface area contributed by atoms with Gasteiger partial charge in [-0.15, -0.1) is 0 Å². The van der Waals surface area contributed by atoms with Crippen LogP contribution >= 0.6 is 0 Å². The molecule has 0 radical (unpaired) electrons. The number of carbonyl (C=O) groups is 2. The van der Waals surface area contributed by atoms with Crippen molar-refractivity contribution in [1.29, 1.82) is 0 Å². The summed E-state index contributed by atoms with van der Waals surface area (Å²) in [6, 6.07) is 5.26.